The number of carbonyl (C=O) groups is 1. The van der Waals surface area contributed by atoms with Crippen LogP contribution in [0.4, 0.5) is 0 Å². The topological polar surface area (TPSA) is 46.5 Å². The van der Waals surface area contributed by atoms with Crippen LogP contribution in [0.3, 0.4) is 0 Å². The molecule has 0 saturated carbocycles. The molecule has 2 aromatic rings. The van der Waals surface area contributed by atoms with Crippen LogP contribution in [0.15, 0.2) is 48.5 Å². The standard InChI is InChI=1S/C14H14O.C13H26O2.C3H4/c1-11-7-3-4-8-12(11)13-9-5-6-10-14(13)15-2;1-7-10(12(15)9(2)3)8-11(14)13(4,5)6;1-3-2/h3-10H,1-2H3;9-11,14H,7-8H2,1-6H3;1H,2H3. The lowest BCUT2D eigenvalue weighted by atomic mass is 9.80. The van der Waals surface area contributed by atoms with E-state index in [-0.39, 0.29) is 23.0 Å². The molecule has 3 nitrogen and oxygen atoms in total. The zero-order valence-corrected chi connectivity index (χ0v) is 22.1. The Morgan fingerprint density at radius 2 is 1.55 bits per heavy atom. The zero-order chi connectivity index (χ0) is 25.6. The summed E-state index contributed by atoms with van der Waals surface area (Å²) in [6, 6.07) is 16.4. The van der Waals surface area contributed by atoms with Gasteiger partial charge in [-0.1, -0.05) is 84.0 Å². The van der Waals surface area contributed by atoms with E-state index in [1.807, 2.05) is 65.8 Å². The molecule has 0 bridgehead atoms. The van der Waals surface area contributed by atoms with Crippen molar-refractivity contribution in [3.63, 3.8) is 0 Å². The number of ketones is 1. The molecule has 0 saturated heterocycles. The van der Waals surface area contributed by atoms with Crippen molar-refractivity contribution in [1.29, 1.82) is 0 Å². The van der Waals surface area contributed by atoms with Crippen LogP contribution in [0, 0.1) is 36.5 Å². The highest BCUT2D eigenvalue weighted by atomic mass is 16.5. The number of terminal acetylenes is 1. The van der Waals surface area contributed by atoms with Crippen LogP contribution in [0.25, 0.3) is 11.1 Å². The van der Waals surface area contributed by atoms with E-state index in [9.17, 15) is 9.90 Å². The van der Waals surface area contributed by atoms with Crippen molar-refractivity contribution < 1.29 is 14.6 Å². The maximum absolute atomic E-state index is 11.8. The molecule has 0 aliphatic rings. The van der Waals surface area contributed by atoms with Gasteiger partial charge in [-0.3, -0.25) is 4.79 Å². The van der Waals surface area contributed by atoms with Crippen LogP contribution in [0.5, 0.6) is 5.75 Å². The highest BCUT2D eigenvalue weighted by molar-refractivity contribution is 5.82. The van der Waals surface area contributed by atoms with E-state index in [1.54, 1.807) is 14.0 Å². The van der Waals surface area contributed by atoms with E-state index in [0.717, 1.165) is 17.7 Å². The quantitative estimate of drug-likeness (QED) is 0.447. The first-order valence-corrected chi connectivity index (χ1v) is 11.7. The van der Waals surface area contributed by atoms with Crippen LogP contribution in [0.2, 0.25) is 0 Å². The van der Waals surface area contributed by atoms with E-state index in [1.165, 1.54) is 11.1 Å². The lowest BCUT2D eigenvalue weighted by Gasteiger charge is -2.29. The second-order valence-electron chi connectivity index (χ2n) is 9.58. The number of ether oxygens (including phenoxy) is 1. The van der Waals surface area contributed by atoms with Crippen molar-refractivity contribution in [3.05, 3.63) is 54.1 Å². The average Bonchev–Trinajstić information content (AvgIpc) is 2.77. The molecule has 1 N–H and O–H groups in total. The first kappa shape index (κ1) is 30.4. The van der Waals surface area contributed by atoms with E-state index in [0.29, 0.717) is 6.42 Å². The first-order valence-electron chi connectivity index (χ1n) is 11.7. The van der Waals surface area contributed by atoms with Gasteiger partial charge in [0.05, 0.1) is 13.2 Å². The SMILES string of the molecule is C#CC.CCC(CC(O)C(C)(C)C)C(=O)C(C)C.COc1ccccc1-c1ccccc1C. The molecule has 0 amide bonds. The van der Waals surface area contributed by atoms with Crippen LogP contribution in [-0.2, 0) is 4.79 Å². The molecule has 33 heavy (non-hydrogen) atoms. The molecule has 0 aromatic heterocycles. The Labute approximate surface area is 202 Å². The second kappa shape index (κ2) is 15.3. The molecule has 0 heterocycles. The number of aliphatic hydroxyl groups is 1. The zero-order valence-electron chi connectivity index (χ0n) is 22.1. The molecule has 0 radical (unpaired) electrons. The highest BCUT2D eigenvalue weighted by Crippen LogP contribution is 2.31. The van der Waals surface area contributed by atoms with Gasteiger partial charge in [0.25, 0.3) is 0 Å². The third kappa shape index (κ3) is 10.7. The normalized spacial score (nSPS) is 12.3. The summed E-state index contributed by atoms with van der Waals surface area (Å²) in [5, 5.41) is 9.97. The van der Waals surface area contributed by atoms with E-state index in [2.05, 4.69) is 43.5 Å². The monoisotopic (exact) mass is 452 g/mol. The third-order valence-electron chi connectivity index (χ3n) is 5.51. The summed E-state index contributed by atoms with van der Waals surface area (Å²) in [4.78, 5) is 11.8. The summed E-state index contributed by atoms with van der Waals surface area (Å²) in [6.45, 7) is 15.6. The Morgan fingerprint density at radius 1 is 1.06 bits per heavy atom. The van der Waals surface area contributed by atoms with Crippen molar-refractivity contribution >= 4 is 5.78 Å². The van der Waals surface area contributed by atoms with Crippen LogP contribution in [0.1, 0.15) is 66.9 Å². The molecule has 0 aliphatic carbocycles. The molecular formula is C30H44O3. The van der Waals surface area contributed by atoms with Gasteiger partial charge in [-0.2, -0.15) is 0 Å². The van der Waals surface area contributed by atoms with Gasteiger partial charge < -0.3 is 9.84 Å². The minimum Gasteiger partial charge on any atom is -0.496 e. The van der Waals surface area contributed by atoms with Crippen molar-refractivity contribution in [2.24, 2.45) is 17.3 Å². The Hall–Kier alpha value is -2.57. The third-order valence-corrected chi connectivity index (χ3v) is 5.51. The van der Waals surface area contributed by atoms with E-state index < -0.39 is 6.10 Å². The van der Waals surface area contributed by atoms with Gasteiger partial charge in [-0.25, -0.2) is 0 Å². The van der Waals surface area contributed by atoms with Crippen LogP contribution in [-0.4, -0.2) is 24.1 Å². The molecule has 0 fully saturated rings. The maximum Gasteiger partial charge on any atom is 0.138 e. The van der Waals surface area contributed by atoms with E-state index >= 15 is 0 Å². The fraction of sp³-hybridized carbons (Fsp3) is 0.500. The van der Waals surface area contributed by atoms with Crippen molar-refractivity contribution in [1.82, 2.24) is 0 Å². The molecule has 2 aromatic carbocycles. The number of para-hydroxylation sites is 1. The second-order valence-corrected chi connectivity index (χ2v) is 9.58. The molecular weight excluding hydrogens is 408 g/mol. The number of rotatable bonds is 7. The summed E-state index contributed by atoms with van der Waals surface area (Å²) in [6.07, 6.45) is 5.62. The summed E-state index contributed by atoms with van der Waals surface area (Å²) >= 11 is 0. The molecule has 0 aliphatic heterocycles. The molecule has 2 atom stereocenters. The predicted octanol–water partition coefficient (Wildman–Crippen LogP) is 7.34. The number of carbonyl (C=O) groups excluding carboxylic acids is 1. The minimum atomic E-state index is -0.398. The van der Waals surface area contributed by atoms with Gasteiger partial charge in [0.1, 0.15) is 11.5 Å². The van der Waals surface area contributed by atoms with E-state index in [4.69, 9.17) is 4.74 Å². The van der Waals surface area contributed by atoms with Crippen molar-refractivity contribution in [2.75, 3.05) is 7.11 Å². The number of methoxy groups -OCH3 is 1. The minimum absolute atomic E-state index is 0.0132. The van der Waals surface area contributed by atoms with Gasteiger partial charge in [0, 0.05) is 17.4 Å². The summed E-state index contributed by atoms with van der Waals surface area (Å²) in [7, 11) is 1.71. The number of hydrogen-bond donors (Lipinski definition) is 1. The first-order chi connectivity index (χ1) is 15.4. The fourth-order valence-electron chi connectivity index (χ4n) is 3.32. The van der Waals surface area contributed by atoms with Gasteiger partial charge in [0.2, 0.25) is 0 Å². The number of Topliss-reactive ketones (excluding diaryl/α,β-unsaturated/α-hetero) is 1. The molecule has 0 spiro atoms. The maximum atomic E-state index is 11.8. The van der Waals surface area contributed by atoms with Gasteiger partial charge >= 0.3 is 0 Å². The van der Waals surface area contributed by atoms with Gasteiger partial charge in [0.15, 0.2) is 0 Å². The number of benzene rings is 2. The number of aliphatic hydroxyl groups excluding tert-OH is 1. The average molecular weight is 453 g/mol. The summed E-state index contributed by atoms with van der Waals surface area (Å²) in [5.41, 5.74) is 3.51. The lowest BCUT2D eigenvalue weighted by Crippen LogP contribution is -2.32. The number of aryl methyl sites for hydroxylation is 1. The van der Waals surface area contributed by atoms with Gasteiger partial charge in [-0.15, -0.1) is 12.3 Å². The van der Waals surface area contributed by atoms with Crippen molar-refractivity contribution in [3.8, 4) is 29.2 Å². The van der Waals surface area contributed by atoms with Gasteiger partial charge in [-0.05, 0) is 49.3 Å². The van der Waals surface area contributed by atoms with Crippen LogP contribution >= 0.6 is 0 Å². The highest BCUT2D eigenvalue weighted by Gasteiger charge is 2.28. The lowest BCUT2D eigenvalue weighted by molar-refractivity contribution is -0.127. The largest absolute Gasteiger partial charge is 0.496 e. The fourth-order valence-corrected chi connectivity index (χ4v) is 3.32. The Kier molecular flexibility index (Phi) is 14.1. The van der Waals surface area contributed by atoms with Crippen molar-refractivity contribution in [2.45, 2.75) is 74.3 Å². The smallest absolute Gasteiger partial charge is 0.138 e. The number of hydrogen-bond acceptors (Lipinski definition) is 3. The Bertz CT molecular complexity index is 869. The Morgan fingerprint density at radius 3 is 1.97 bits per heavy atom. The Balaban J connectivity index is 0.000000555. The van der Waals surface area contributed by atoms with Crippen LogP contribution < -0.4 is 4.74 Å². The molecule has 2 unspecified atom stereocenters. The predicted molar refractivity (Wildman–Crippen MR) is 141 cm³/mol. The molecule has 3 heteroatoms. The molecule has 2 rings (SSSR count). The summed E-state index contributed by atoms with van der Waals surface area (Å²) in [5.74, 6) is 3.54. The summed E-state index contributed by atoms with van der Waals surface area (Å²) < 4.78 is 5.35. The molecule has 182 valence electrons.